The van der Waals surface area contributed by atoms with E-state index >= 15 is 0 Å². The Morgan fingerprint density at radius 2 is 1.84 bits per heavy atom. The van der Waals surface area contributed by atoms with Crippen LogP contribution < -0.4 is 14.1 Å². The number of piperidine rings is 1. The first-order valence-corrected chi connectivity index (χ1v) is 16.8. The van der Waals surface area contributed by atoms with Crippen molar-refractivity contribution in [3.8, 4) is 0 Å². The molecule has 1 atom stereocenters. The molecule has 1 N–H and O–H groups in total. The number of hydrogen-bond donors (Lipinski definition) is 1. The number of nitrogens with zero attached hydrogens (tertiary/aromatic N) is 4. The van der Waals surface area contributed by atoms with Gasteiger partial charge in [0, 0.05) is 42.6 Å². The van der Waals surface area contributed by atoms with Crippen LogP contribution in [0.5, 0.6) is 0 Å². The van der Waals surface area contributed by atoms with Crippen molar-refractivity contribution in [1.29, 1.82) is 4.78 Å². The summed E-state index contributed by atoms with van der Waals surface area (Å²) in [5.41, 5.74) is 2.15. The van der Waals surface area contributed by atoms with Crippen molar-refractivity contribution in [3.05, 3.63) is 64.1 Å². The highest BCUT2D eigenvalue weighted by Crippen LogP contribution is 2.36. The van der Waals surface area contributed by atoms with Gasteiger partial charge in [-0.15, -0.1) is 11.3 Å². The van der Waals surface area contributed by atoms with Crippen LogP contribution in [0, 0.1) is 4.78 Å². The molecule has 0 radical (unpaired) electrons. The molecule has 1 unspecified atom stereocenters. The molecule has 1 aromatic heterocycles. The third-order valence-corrected chi connectivity index (χ3v) is 11.9. The van der Waals surface area contributed by atoms with Gasteiger partial charge in [-0.25, -0.2) is 22.4 Å². The zero-order valence-corrected chi connectivity index (χ0v) is 24.2. The van der Waals surface area contributed by atoms with E-state index in [-0.39, 0.29) is 16.7 Å². The summed E-state index contributed by atoms with van der Waals surface area (Å²) in [6, 6.07) is 11.9. The third kappa shape index (κ3) is 5.02. The number of anilines is 3. The number of amides is 1. The lowest BCUT2D eigenvalue weighted by Gasteiger charge is -2.32. The summed E-state index contributed by atoms with van der Waals surface area (Å²) in [6.45, 7) is 1.75. The van der Waals surface area contributed by atoms with E-state index in [1.807, 2.05) is 0 Å². The maximum atomic E-state index is 13.7. The van der Waals surface area contributed by atoms with Gasteiger partial charge in [0.25, 0.3) is 5.91 Å². The Bertz CT molecular complexity index is 1600. The number of fused-ring (bicyclic) bond motifs is 1. The van der Waals surface area contributed by atoms with Gasteiger partial charge in [0.15, 0.2) is 5.13 Å². The predicted octanol–water partition coefficient (Wildman–Crippen LogP) is 4.47. The number of rotatable bonds is 6. The molecule has 3 aromatic rings. The van der Waals surface area contributed by atoms with Crippen LogP contribution in [0.1, 0.15) is 28.8 Å². The van der Waals surface area contributed by atoms with Crippen molar-refractivity contribution in [2.75, 3.05) is 47.0 Å². The van der Waals surface area contributed by atoms with Gasteiger partial charge in [0.1, 0.15) is 5.15 Å². The molecule has 0 bridgehead atoms. The van der Waals surface area contributed by atoms with E-state index in [0.29, 0.717) is 60.3 Å². The van der Waals surface area contributed by atoms with Gasteiger partial charge >= 0.3 is 0 Å². The molecular formula is C25H28ClN5O4S3. The SMILES string of the molecule is CN(c1ccccc1C(=O)N1CCc2cc(S(=N)(=O)C3CCN(c4nc(Cl)cs4)CC3)ccc21)S(C)(=O)=O. The first-order valence-electron chi connectivity index (χ1n) is 12.1. The zero-order chi connectivity index (χ0) is 27.2. The van der Waals surface area contributed by atoms with Gasteiger partial charge in [-0.05, 0) is 55.2 Å². The van der Waals surface area contributed by atoms with Crippen LogP contribution >= 0.6 is 22.9 Å². The highest BCUT2D eigenvalue weighted by molar-refractivity contribution is 7.93. The molecule has 38 heavy (non-hydrogen) atoms. The molecule has 202 valence electrons. The normalized spacial score (nSPS) is 17.8. The first kappa shape index (κ1) is 26.9. The summed E-state index contributed by atoms with van der Waals surface area (Å²) < 4.78 is 47.9. The van der Waals surface area contributed by atoms with Crippen molar-refractivity contribution < 1.29 is 17.4 Å². The van der Waals surface area contributed by atoms with Crippen LogP contribution in [-0.2, 0) is 26.2 Å². The maximum Gasteiger partial charge on any atom is 0.260 e. The molecule has 0 aliphatic carbocycles. The number of thiazole rings is 1. The standard InChI is InChI=1S/C25H28ClN5O4S3/c1-29(37(2,33)34)22-6-4-3-5-20(22)24(32)31-14-9-17-15-19(7-8-21(17)31)38(27,35)18-10-12-30(13-11-18)25-28-23(26)16-36-25/h3-8,15-16,18,27H,9-14H2,1-2H3. The molecule has 3 heterocycles. The minimum Gasteiger partial charge on any atom is -0.348 e. The smallest absolute Gasteiger partial charge is 0.260 e. The van der Waals surface area contributed by atoms with Crippen molar-refractivity contribution in [3.63, 3.8) is 0 Å². The molecule has 1 amide bonds. The van der Waals surface area contributed by atoms with Crippen LogP contribution in [0.15, 0.2) is 52.7 Å². The second kappa shape index (κ2) is 10.1. The number of nitrogens with one attached hydrogen (secondary N) is 1. The van der Waals surface area contributed by atoms with Gasteiger partial charge in [-0.3, -0.25) is 9.10 Å². The van der Waals surface area contributed by atoms with Crippen molar-refractivity contribution >= 4 is 65.1 Å². The lowest BCUT2D eigenvalue weighted by molar-refractivity contribution is 0.0990. The van der Waals surface area contributed by atoms with Gasteiger partial charge < -0.3 is 9.80 Å². The highest BCUT2D eigenvalue weighted by Gasteiger charge is 2.33. The Hall–Kier alpha value is -2.67. The maximum absolute atomic E-state index is 13.7. The average molecular weight is 594 g/mol. The van der Waals surface area contributed by atoms with Gasteiger partial charge in [0.2, 0.25) is 10.0 Å². The number of para-hydroxylation sites is 1. The number of carbonyl (C=O) groups excluding carboxylic acids is 1. The molecule has 1 saturated heterocycles. The fraction of sp³-hybridized carbons (Fsp3) is 0.360. The number of carbonyl (C=O) groups is 1. The number of benzene rings is 2. The molecule has 13 heteroatoms. The zero-order valence-electron chi connectivity index (χ0n) is 21.0. The molecule has 2 aromatic carbocycles. The van der Waals surface area contributed by atoms with E-state index in [0.717, 1.165) is 21.3 Å². The summed E-state index contributed by atoms with van der Waals surface area (Å²) in [5.74, 6) is -0.302. The summed E-state index contributed by atoms with van der Waals surface area (Å²) in [6.07, 6.45) is 2.90. The average Bonchev–Trinajstić information content (AvgIpc) is 3.53. The molecular weight excluding hydrogens is 566 g/mol. The Labute approximate surface area is 232 Å². The molecule has 0 saturated carbocycles. The fourth-order valence-corrected chi connectivity index (χ4v) is 8.36. The topological polar surface area (TPSA) is 115 Å². The van der Waals surface area contributed by atoms with E-state index in [4.69, 9.17) is 16.4 Å². The highest BCUT2D eigenvalue weighted by atomic mass is 35.5. The minimum absolute atomic E-state index is 0.273. The predicted molar refractivity (Wildman–Crippen MR) is 153 cm³/mol. The van der Waals surface area contributed by atoms with Crippen LogP contribution in [0.3, 0.4) is 0 Å². The van der Waals surface area contributed by atoms with E-state index in [2.05, 4.69) is 9.88 Å². The second-order valence-corrected chi connectivity index (χ2v) is 15.1. The summed E-state index contributed by atoms with van der Waals surface area (Å²) in [5, 5.41) is 2.83. The fourth-order valence-electron chi connectivity index (χ4n) is 4.99. The Balaban J connectivity index is 1.35. The Morgan fingerprint density at radius 1 is 1.13 bits per heavy atom. The minimum atomic E-state index is -3.55. The largest absolute Gasteiger partial charge is 0.348 e. The van der Waals surface area contributed by atoms with Crippen molar-refractivity contribution in [2.45, 2.75) is 29.4 Å². The van der Waals surface area contributed by atoms with Gasteiger partial charge in [-0.1, -0.05) is 23.7 Å². The van der Waals surface area contributed by atoms with Crippen molar-refractivity contribution in [1.82, 2.24) is 4.98 Å². The summed E-state index contributed by atoms with van der Waals surface area (Å²) >= 11 is 7.44. The van der Waals surface area contributed by atoms with E-state index in [9.17, 15) is 17.4 Å². The molecule has 2 aliphatic rings. The molecule has 9 nitrogen and oxygen atoms in total. The van der Waals surface area contributed by atoms with Gasteiger partial charge in [0.05, 0.1) is 32.5 Å². The summed E-state index contributed by atoms with van der Waals surface area (Å²) in [4.78, 5) is 22.1. The molecule has 5 rings (SSSR count). The Kier molecular flexibility index (Phi) is 7.18. The quantitative estimate of drug-likeness (QED) is 0.451. The van der Waals surface area contributed by atoms with E-state index in [1.165, 1.54) is 18.4 Å². The molecule has 2 aliphatic heterocycles. The lowest BCUT2D eigenvalue weighted by Crippen LogP contribution is -2.39. The Morgan fingerprint density at radius 3 is 2.50 bits per heavy atom. The van der Waals surface area contributed by atoms with E-state index < -0.39 is 19.8 Å². The molecule has 1 fully saturated rings. The third-order valence-electron chi connectivity index (χ3n) is 7.16. The number of aromatic nitrogens is 1. The monoisotopic (exact) mass is 593 g/mol. The van der Waals surface area contributed by atoms with Crippen LogP contribution in [0.25, 0.3) is 0 Å². The molecule has 0 spiro atoms. The number of sulfonamides is 1. The number of hydrogen-bond acceptors (Lipinski definition) is 8. The lowest BCUT2D eigenvalue weighted by atomic mass is 10.1. The van der Waals surface area contributed by atoms with E-state index in [1.54, 1.807) is 52.7 Å². The first-order chi connectivity index (χ1) is 18.0. The van der Waals surface area contributed by atoms with Gasteiger partial charge in [-0.2, -0.15) is 0 Å². The van der Waals surface area contributed by atoms with Crippen LogP contribution in [0.4, 0.5) is 16.5 Å². The van der Waals surface area contributed by atoms with Crippen LogP contribution in [0.2, 0.25) is 5.15 Å². The second-order valence-electron chi connectivity index (χ2n) is 9.48. The summed E-state index contributed by atoms with van der Waals surface area (Å²) in [7, 11) is -5.18. The van der Waals surface area contributed by atoms with Crippen LogP contribution in [-0.4, -0.2) is 61.7 Å². The number of halogens is 1. The van der Waals surface area contributed by atoms with Crippen molar-refractivity contribution in [2.24, 2.45) is 0 Å².